The molecule has 0 saturated heterocycles. The van der Waals surface area contributed by atoms with E-state index in [1.54, 1.807) is 45.5 Å². The minimum Gasteiger partial charge on any atom is -0.497 e. The molecule has 0 radical (unpaired) electrons. The molecule has 0 fully saturated rings. The van der Waals surface area contributed by atoms with Gasteiger partial charge in [-0.15, -0.1) is 0 Å². The lowest BCUT2D eigenvalue weighted by Crippen LogP contribution is -2.36. The molecule has 0 heterocycles. The number of likely N-dealkylation sites (N-methyl/N-ethyl adjacent to an activating group) is 1. The molecule has 0 saturated carbocycles. The van der Waals surface area contributed by atoms with E-state index >= 15 is 0 Å². The Morgan fingerprint density at radius 2 is 1.83 bits per heavy atom. The summed E-state index contributed by atoms with van der Waals surface area (Å²) in [5.41, 5.74) is 0. The molecule has 1 unspecified atom stereocenters. The summed E-state index contributed by atoms with van der Waals surface area (Å²) in [6.07, 6.45) is 0. The van der Waals surface area contributed by atoms with Crippen LogP contribution in [-0.2, 0) is 14.6 Å². The molecule has 1 aromatic rings. The van der Waals surface area contributed by atoms with Crippen molar-refractivity contribution in [2.75, 3.05) is 33.6 Å². The van der Waals surface area contributed by atoms with Gasteiger partial charge in [-0.2, -0.15) is 0 Å². The largest absolute Gasteiger partial charge is 0.497 e. The Hall–Kier alpha value is -1.11. The van der Waals surface area contributed by atoms with Gasteiger partial charge in [-0.25, -0.2) is 8.42 Å². The van der Waals surface area contributed by atoms with Gasteiger partial charge in [0.05, 0.1) is 24.4 Å². The maximum atomic E-state index is 12.1. The number of ether oxygens (including phenoxy) is 2. The summed E-state index contributed by atoms with van der Waals surface area (Å²) in [7, 11) is 1.49. The molecule has 0 amide bonds. The predicted molar refractivity (Wildman–Crippen MR) is 69.8 cm³/mol. The normalized spacial score (nSPS) is 13.3. The third-order valence-electron chi connectivity index (χ3n) is 2.62. The van der Waals surface area contributed by atoms with Gasteiger partial charge in [0.1, 0.15) is 5.75 Å². The van der Waals surface area contributed by atoms with Crippen LogP contribution in [0.3, 0.4) is 0 Å². The van der Waals surface area contributed by atoms with Crippen molar-refractivity contribution < 1.29 is 17.9 Å². The van der Waals surface area contributed by atoms with Gasteiger partial charge in [0, 0.05) is 13.2 Å². The third kappa shape index (κ3) is 3.97. The summed E-state index contributed by atoms with van der Waals surface area (Å²) in [6, 6.07) is 6.15. The van der Waals surface area contributed by atoms with Gasteiger partial charge in [0.15, 0.2) is 9.84 Å². The van der Waals surface area contributed by atoms with E-state index in [1.165, 1.54) is 0 Å². The molecule has 0 aliphatic rings. The number of hydrogen-bond acceptors (Lipinski definition) is 5. The molecule has 0 aliphatic heterocycles. The van der Waals surface area contributed by atoms with Crippen LogP contribution in [0.1, 0.15) is 0 Å². The summed E-state index contributed by atoms with van der Waals surface area (Å²) < 4.78 is 34.2. The van der Waals surface area contributed by atoms with Gasteiger partial charge >= 0.3 is 0 Å². The van der Waals surface area contributed by atoms with Crippen LogP contribution in [0.5, 0.6) is 5.75 Å². The smallest absolute Gasteiger partial charge is 0.179 e. The molecular formula is C12H19NO4S. The maximum Gasteiger partial charge on any atom is 0.179 e. The molecule has 102 valence electrons. The second kappa shape index (κ2) is 6.72. The van der Waals surface area contributed by atoms with Crippen LogP contribution in [0.25, 0.3) is 0 Å². The zero-order chi connectivity index (χ0) is 13.6. The van der Waals surface area contributed by atoms with Crippen molar-refractivity contribution in [1.82, 2.24) is 5.32 Å². The highest BCUT2D eigenvalue weighted by Gasteiger charge is 2.20. The van der Waals surface area contributed by atoms with Crippen LogP contribution >= 0.6 is 0 Å². The number of sulfone groups is 1. The molecule has 1 atom stereocenters. The van der Waals surface area contributed by atoms with E-state index in [1.807, 2.05) is 0 Å². The fourth-order valence-electron chi connectivity index (χ4n) is 1.56. The summed E-state index contributed by atoms with van der Waals surface area (Å²) in [4.78, 5) is 0.291. The van der Waals surface area contributed by atoms with Gasteiger partial charge in [-0.1, -0.05) is 0 Å². The van der Waals surface area contributed by atoms with Gasteiger partial charge in [-0.3, -0.25) is 0 Å². The highest BCUT2D eigenvalue weighted by atomic mass is 32.2. The predicted octanol–water partition coefficient (Wildman–Crippen LogP) is 0.703. The topological polar surface area (TPSA) is 64.6 Å². The molecule has 1 aromatic carbocycles. The van der Waals surface area contributed by atoms with Gasteiger partial charge < -0.3 is 14.8 Å². The van der Waals surface area contributed by atoms with E-state index in [9.17, 15) is 8.42 Å². The summed E-state index contributed by atoms with van der Waals surface area (Å²) >= 11 is 0. The van der Waals surface area contributed by atoms with Gasteiger partial charge in [-0.05, 0) is 31.3 Å². The van der Waals surface area contributed by atoms with E-state index in [-0.39, 0.29) is 11.8 Å². The number of hydrogen-bond donors (Lipinski definition) is 1. The van der Waals surface area contributed by atoms with Crippen molar-refractivity contribution in [3.8, 4) is 5.75 Å². The van der Waals surface area contributed by atoms with Crippen molar-refractivity contribution in [2.45, 2.75) is 10.9 Å². The highest BCUT2D eigenvalue weighted by Crippen LogP contribution is 2.17. The molecule has 1 rings (SSSR count). The summed E-state index contributed by atoms with van der Waals surface area (Å²) in [5.74, 6) is 0.639. The van der Waals surface area contributed by atoms with Crippen molar-refractivity contribution in [3.63, 3.8) is 0 Å². The van der Waals surface area contributed by atoms with E-state index in [4.69, 9.17) is 9.47 Å². The lowest BCUT2D eigenvalue weighted by molar-refractivity contribution is 0.176. The van der Waals surface area contributed by atoms with Crippen LogP contribution in [0, 0.1) is 0 Å². The fourth-order valence-corrected chi connectivity index (χ4v) is 3.10. The Morgan fingerprint density at radius 3 is 2.28 bits per heavy atom. The van der Waals surface area contributed by atoms with Crippen LogP contribution in [0.15, 0.2) is 29.2 Å². The number of benzene rings is 1. The zero-order valence-corrected chi connectivity index (χ0v) is 11.7. The molecule has 0 spiro atoms. The van der Waals surface area contributed by atoms with E-state index in [2.05, 4.69) is 5.32 Å². The molecule has 6 heteroatoms. The number of rotatable bonds is 7. The SMILES string of the molecule is CNC(COC)CS(=O)(=O)c1ccc(OC)cc1. The van der Waals surface area contributed by atoms with Crippen LogP contribution in [0.4, 0.5) is 0 Å². The zero-order valence-electron chi connectivity index (χ0n) is 10.8. The lowest BCUT2D eigenvalue weighted by atomic mass is 10.3. The van der Waals surface area contributed by atoms with Crippen LogP contribution in [0.2, 0.25) is 0 Å². The average Bonchev–Trinajstić information content (AvgIpc) is 2.38. The Bertz CT molecular complexity index is 455. The maximum absolute atomic E-state index is 12.1. The molecule has 0 aromatic heterocycles. The van der Waals surface area contributed by atoms with Gasteiger partial charge in [0.25, 0.3) is 0 Å². The number of methoxy groups -OCH3 is 2. The first-order chi connectivity index (χ1) is 8.53. The van der Waals surface area contributed by atoms with Gasteiger partial charge in [0.2, 0.25) is 0 Å². The molecular weight excluding hydrogens is 254 g/mol. The van der Waals surface area contributed by atoms with Crippen molar-refractivity contribution in [2.24, 2.45) is 0 Å². The Labute approximate surface area is 108 Å². The Balaban J connectivity index is 2.84. The van der Waals surface area contributed by atoms with E-state index in [0.29, 0.717) is 17.3 Å². The second-order valence-corrected chi connectivity index (χ2v) is 5.93. The highest BCUT2D eigenvalue weighted by molar-refractivity contribution is 7.91. The van der Waals surface area contributed by atoms with Crippen molar-refractivity contribution in [3.05, 3.63) is 24.3 Å². The molecule has 1 N–H and O–H groups in total. The lowest BCUT2D eigenvalue weighted by Gasteiger charge is -2.15. The number of nitrogens with one attached hydrogen (secondary N) is 1. The minimum atomic E-state index is -3.32. The first kappa shape index (κ1) is 14.9. The van der Waals surface area contributed by atoms with E-state index in [0.717, 1.165) is 0 Å². The first-order valence-corrected chi connectivity index (χ1v) is 7.21. The minimum absolute atomic E-state index is 0.00364. The molecule has 0 bridgehead atoms. The Morgan fingerprint density at radius 1 is 1.22 bits per heavy atom. The fraction of sp³-hybridized carbons (Fsp3) is 0.500. The van der Waals surface area contributed by atoms with Crippen molar-refractivity contribution >= 4 is 9.84 Å². The summed E-state index contributed by atoms with van der Waals surface area (Å²) in [6.45, 7) is 0.353. The standard InChI is InChI=1S/C12H19NO4S/c1-13-10(8-16-2)9-18(14,15)12-6-4-11(17-3)5-7-12/h4-7,10,13H,8-9H2,1-3H3. The first-order valence-electron chi connectivity index (χ1n) is 5.56. The molecule has 18 heavy (non-hydrogen) atoms. The Kier molecular flexibility index (Phi) is 5.58. The molecule has 5 nitrogen and oxygen atoms in total. The van der Waals surface area contributed by atoms with E-state index < -0.39 is 9.84 Å². The monoisotopic (exact) mass is 273 g/mol. The quantitative estimate of drug-likeness (QED) is 0.792. The summed E-state index contributed by atoms with van der Waals surface area (Å²) in [5, 5.41) is 2.92. The second-order valence-electron chi connectivity index (χ2n) is 3.90. The van der Waals surface area contributed by atoms with Crippen LogP contribution < -0.4 is 10.1 Å². The van der Waals surface area contributed by atoms with Crippen LogP contribution in [-0.4, -0.2) is 48.1 Å². The molecule has 0 aliphatic carbocycles. The third-order valence-corrected chi connectivity index (χ3v) is 4.45. The average molecular weight is 273 g/mol. The van der Waals surface area contributed by atoms with Crippen molar-refractivity contribution in [1.29, 1.82) is 0 Å².